The quantitative estimate of drug-likeness (QED) is 0.469. The van der Waals surface area contributed by atoms with E-state index in [0.717, 1.165) is 5.56 Å². The number of halogens is 1. The number of hydrogen-bond donors (Lipinski definition) is 1. The molecule has 8 heteroatoms. The summed E-state index contributed by atoms with van der Waals surface area (Å²) in [5.74, 6) is -0.687. The van der Waals surface area contributed by atoms with E-state index in [1.54, 1.807) is 42.1 Å². The van der Waals surface area contributed by atoms with Gasteiger partial charge in [0.05, 0.1) is 12.9 Å². The fourth-order valence-electron chi connectivity index (χ4n) is 1.85. The molecular weight excluding hydrogens is 332 g/mol. The molecule has 126 valence electrons. The van der Waals surface area contributed by atoms with Crippen LogP contribution in [0.2, 0.25) is 5.15 Å². The Kier molecular flexibility index (Phi) is 6.51. The van der Waals surface area contributed by atoms with Gasteiger partial charge in [0, 0.05) is 31.6 Å². The molecule has 0 fully saturated rings. The molecule has 2 heterocycles. The number of hydrogen-bond acceptors (Lipinski definition) is 5. The van der Waals surface area contributed by atoms with Gasteiger partial charge in [-0.05, 0) is 30.7 Å². The van der Waals surface area contributed by atoms with Crippen molar-refractivity contribution in [3.05, 3.63) is 53.3 Å². The van der Waals surface area contributed by atoms with Crippen LogP contribution in [0.1, 0.15) is 23.0 Å². The summed E-state index contributed by atoms with van der Waals surface area (Å²) in [7, 11) is 0. The monoisotopic (exact) mass is 348 g/mol. The van der Waals surface area contributed by atoms with Gasteiger partial charge in [0.1, 0.15) is 5.15 Å². The maximum Gasteiger partial charge on any atom is 0.358 e. The minimum Gasteiger partial charge on any atom is -0.461 e. The molecule has 1 amide bonds. The Labute approximate surface area is 144 Å². The Morgan fingerprint density at radius 3 is 3.00 bits per heavy atom. The van der Waals surface area contributed by atoms with Crippen molar-refractivity contribution < 1.29 is 14.3 Å². The maximum absolute atomic E-state index is 11.7. The summed E-state index contributed by atoms with van der Waals surface area (Å²) in [6, 6.07) is 3.41. The third-order valence-electron chi connectivity index (χ3n) is 2.96. The van der Waals surface area contributed by atoms with Crippen LogP contribution >= 0.6 is 11.6 Å². The molecule has 2 aromatic heterocycles. The SMILES string of the molecule is CCOC(=O)c1cn(CCNC(=O)/C=C/c2ccnc(Cl)c2)cn1. The molecule has 0 aliphatic rings. The fraction of sp³-hybridized carbons (Fsp3) is 0.250. The highest BCUT2D eigenvalue weighted by atomic mass is 35.5. The van der Waals surface area contributed by atoms with Crippen LogP contribution in [0.5, 0.6) is 0 Å². The van der Waals surface area contributed by atoms with Gasteiger partial charge in [-0.2, -0.15) is 0 Å². The Hall–Kier alpha value is -2.67. The molecule has 7 nitrogen and oxygen atoms in total. The van der Waals surface area contributed by atoms with Gasteiger partial charge in [0.25, 0.3) is 0 Å². The average molecular weight is 349 g/mol. The number of esters is 1. The van der Waals surface area contributed by atoms with Gasteiger partial charge in [-0.3, -0.25) is 4.79 Å². The number of nitrogens with one attached hydrogen (secondary N) is 1. The van der Waals surface area contributed by atoms with E-state index in [1.165, 1.54) is 12.4 Å². The van der Waals surface area contributed by atoms with Gasteiger partial charge >= 0.3 is 5.97 Å². The van der Waals surface area contributed by atoms with Gasteiger partial charge in [0.15, 0.2) is 5.69 Å². The third-order valence-corrected chi connectivity index (χ3v) is 3.17. The number of ether oxygens (including phenoxy) is 1. The summed E-state index contributed by atoms with van der Waals surface area (Å²) < 4.78 is 6.57. The topological polar surface area (TPSA) is 86.1 Å². The van der Waals surface area contributed by atoms with E-state index in [-0.39, 0.29) is 11.6 Å². The van der Waals surface area contributed by atoms with Crippen molar-refractivity contribution in [3.8, 4) is 0 Å². The van der Waals surface area contributed by atoms with E-state index in [1.807, 2.05) is 0 Å². The first kappa shape index (κ1) is 17.7. The number of aromatic nitrogens is 3. The summed E-state index contributed by atoms with van der Waals surface area (Å²) in [5.41, 5.74) is 1.04. The minimum atomic E-state index is -0.459. The maximum atomic E-state index is 11.7. The van der Waals surface area contributed by atoms with Crippen LogP contribution in [-0.2, 0) is 16.1 Å². The fourth-order valence-corrected chi connectivity index (χ4v) is 2.04. The molecule has 2 aromatic rings. The Morgan fingerprint density at radius 1 is 1.42 bits per heavy atom. The van der Waals surface area contributed by atoms with Crippen molar-refractivity contribution in [1.29, 1.82) is 0 Å². The first-order valence-electron chi connectivity index (χ1n) is 7.35. The number of imidazole rings is 1. The van der Waals surface area contributed by atoms with E-state index in [4.69, 9.17) is 16.3 Å². The average Bonchev–Trinajstić information content (AvgIpc) is 3.02. The van der Waals surface area contributed by atoms with E-state index in [9.17, 15) is 9.59 Å². The van der Waals surface area contributed by atoms with Gasteiger partial charge in [-0.1, -0.05) is 11.6 Å². The van der Waals surface area contributed by atoms with Crippen molar-refractivity contribution >= 4 is 29.6 Å². The van der Waals surface area contributed by atoms with Crippen LogP contribution in [0.3, 0.4) is 0 Å². The first-order chi connectivity index (χ1) is 11.6. The Morgan fingerprint density at radius 2 is 2.25 bits per heavy atom. The van der Waals surface area contributed by atoms with E-state index < -0.39 is 5.97 Å². The molecule has 0 radical (unpaired) electrons. The molecule has 0 unspecified atom stereocenters. The second kappa shape index (κ2) is 8.83. The number of carbonyl (C=O) groups is 2. The molecule has 1 N–H and O–H groups in total. The van der Waals surface area contributed by atoms with Crippen molar-refractivity contribution in [3.63, 3.8) is 0 Å². The normalized spacial score (nSPS) is 10.8. The molecule has 0 saturated heterocycles. The highest BCUT2D eigenvalue weighted by Crippen LogP contribution is 2.08. The summed E-state index contributed by atoms with van der Waals surface area (Å²) in [6.45, 7) is 2.93. The molecule has 24 heavy (non-hydrogen) atoms. The lowest BCUT2D eigenvalue weighted by Crippen LogP contribution is -2.25. The molecule has 0 bridgehead atoms. The third kappa shape index (κ3) is 5.51. The second-order valence-corrected chi connectivity index (χ2v) is 5.14. The van der Waals surface area contributed by atoms with Crippen molar-refractivity contribution in [2.45, 2.75) is 13.5 Å². The van der Waals surface area contributed by atoms with Crippen LogP contribution in [0.25, 0.3) is 6.08 Å². The van der Waals surface area contributed by atoms with Crippen molar-refractivity contribution in [1.82, 2.24) is 19.9 Å². The summed E-state index contributed by atoms with van der Waals surface area (Å²) >= 11 is 5.77. The van der Waals surface area contributed by atoms with Gasteiger partial charge in [-0.15, -0.1) is 0 Å². The van der Waals surface area contributed by atoms with Crippen molar-refractivity contribution in [2.24, 2.45) is 0 Å². The summed E-state index contributed by atoms with van der Waals surface area (Å²) in [6.07, 6.45) is 7.74. The van der Waals surface area contributed by atoms with Gasteiger partial charge in [-0.25, -0.2) is 14.8 Å². The highest BCUT2D eigenvalue weighted by molar-refractivity contribution is 6.29. The minimum absolute atomic E-state index is 0.228. The van der Waals surface area contributed by atoms with Crippen LogP contribution in [0.15, 0.2) is 36.9 Å². The lowest BCUT2D eigenvalue weighted by atomic mass is 10.2. The number of nitrogens with zero attached hydrogens (tertiary/aromatic N) is 3. The lowest BCUT2D eigenvalue weighted by Gasteiger charge is -2.03. The number of pyridine rings is 1. The second-order valence-electron chi connectivity index (χ2n) is 4.75. The highest BCUT2D eigenvalue weighted by Gasteiger charge is 2.09. The van der Waals surface area contributed by atoms with Gasteiger partial charge < -0.3 is 14.6 Å². The predicted octanol–water partition coefficient (Wildman–Crippen LogP) is 1.94. The molecule has 0 atom stereocenters. The van der Waals surface area contributed by atoms with Gasteiger partial charge in [0.2, 0.25) is 5.91 Å². The zero-order valence-corrected chi connectivity index (χ0v) is 13.9. The number of carbonyl (C=O) groups excluding carboxylic acids is 2. The molecule has 0 spiro atoms. The van der Waals surface area contributed by atoms with Crippen molar-refractivity contribution in [2.75, 3.05) is 13.2 Å². The van der Waals surface area contributed by atoms with E-state index >= 15 is 0 Å². The van der Waals surface area contributed by atoms with E-state index in [0.29, 0.717) is 24.8 Å². The van der Waals surface area contributed by atoms with Crippen LogP contribution in [-0.4, -0.2) is 39.6 Å². The summed E-state index contributed by atoms with van der Waals surface area (Å²) in [4.78, 5) is 31.1. The zero-order valence-electron chi connectivity index (χ0n) is 13.1. The molecular formula is C16H17ClN4O3. The summed E-state index contributed by atoms with van der Waals surface area (Å²) in [5, 5.41) is 3.11. The van der Waals surface area contributed by atoms with Crippen LogP contribution in [0, 0.1) is 0 Å². The number of rotatable bonds is 7. The molecule has 0 aromatic carbocycles. The Bertz CT molecular complexity index is 742. The predicted molar refractivity (Wildman–Crippen MR) is 89.5 cm³/mol. The van der Waals surface area contributed by atoms with E-state index in [2.05, 4.69) is 15.3 Å². The molecule has 0 saturated carbocycles. The lowest BCUT2D eigenvalue weighted by molar-refractivity contribution is -0.116. The number of amides is 1. The molecule has 2 rings (SSSR count). The standard InChI is InChI=1S/C16H17ClN4O3/c1-2-24-16(23)13-10-21(11-20-13)8-7-19-15(22)4-3-12-5-6-18-14(17)9-12/h3-6,9-11H,2,7-8H2,1H3,(H,19,22)/b4-3+. The molecule has 0 aliphatic carbocycles. The smallest absolute Gasteiger partial charge is 0.358 e. The van der Waals surface area contributed by atoms with Crippen LogP contribution < -0.4 is 5.32 Å². The van der Waals surface area contributed by atoms with Crippen LogP contribution in [0.4, 0.5) is 0 Å². The largest absolute Gasteiger partial charge is 0.461 e. The Balaban J connectivity index is 1.77. The zero-order chi connectivity index (χ0) is 17.4. The first-order valence-corrected chi connectivity index (χ1v) is 7.72. The molecule has 0 aliphatic heterocycles.